The van der Waals surface area contributed by atoms with E-state index >= 15 is 0 Å². The number of para-hydroxylation sites is 1. The minimum Gasteiger partial charge on any atom is -0.494 e. The topological polar surface area (TPSA) is 110 Å². The lowest BCUT2D eigenvalue weighted by atomic mass is 10.0. The van der Waals surface area contributed by atoms with Crippen molar-refractivity contribution in [2.24, 2.45) is 10.7 Å². The Hall–Kier alpha value is -4.43. The number of carbonyl (C=O) groups is 2. The molecule has 4 rings (SSSR count). The first-order valence-electron chi connectivity index (χ1n) is 11.5. The van der Waals surface area contributed by atoms with E-state index in [9.17, 15) is 14.7 Å². The van der Waals surface area contributed by atoms with Crippen molar-refractivity contribution in [1.29, 1.82) is 0 Å². The highest BCUT2D eigenvalue weighted by Crippen LogP contribution is 2.35. The van der Waals surface area contributed by atoms with Crippen molar-refractivity contribution < 1.29 is 19.4 Å². The number of primary amides is 1. The molecule has 0 aliphatic carbocycles. The number of nitrogens with two attached hydrogens (primary N) is 1. The highest BCUT2D eigenvalue weighted by molar-refractivity contribution is 6.23. The van der Waals surface area contributed by atoms with E-state index in [1.54, 1.807) is 31.2 Å². The molecule has 0 spiro atoms. The molecule has 0 saturated carbocycles. The number of hydrogen-bond acceptors (Lipinski definition) is 6. The first kappa shape index (κ1) is 24.7. The number of carbonyl (C=O) groups excluding carboxylic acids is 2. The number of benzene rings is 3. The number of aromatic nitrogens is 1. The summed E-state index contributed by atoms with van der Waals surface area (Å²) >= 11 is 0. The minimum atomic E-state index is -0.686. The Bertz CT molecular complexity index is 1460. The van der Waals surface area contributed by atoms with Crippen LogP contribution in [0.25, 0.3) is 10.9 Å². The van der Waals surface area contributed by atoms with Crippen LogP contribution >= 0.6 is 0 Å². The molecule has 0 fully saturated rings. The van der Waals surface area contributed by atoms with Gasteiger partial charge in [0.15, 0.2) is 0 Å². The number of rotatable bonds is 7. The maximum absolute atomic E-state index is 12.7. The highest BCUT2D eigenvalue weighted by Gasteiger charge is 2.26. The van der Waals surface area contributed by atoms with E-state index in [1.807, 2.05) is 67.5 Å². The summed E-state index contributed by atoms with van der Waals surface area (Å²) in [6.07, 6.45) is -0.686. The third-order valence-corrected chi connectivity index (χ3v) is 5.67. The predicted octanol–water partition coefficient (Wildman–Crippen LogP) is 4.68. The summed E-state index contributed by atoms with van der Waals surface area (Å²) in [7, 11) is 3.82. The Balaban J connectivity index is 1.98. The van der Waals surface area contributed by atoms with Crippen LogP contribution in [-0.2, 0) is 11.3 Å². The third kappa shape index (κ3) is 4.85. The second kappa shape index (κ2) is 10.5. The summed E-state index contributed by atoms with van der Waals surface area (Å²) in [5, 5.41) is 11.9. The van der Waals surface area contributed by atoms with E-state index in [4.69, 9.17) is 15.5 Å². The van der Waals surface area contributed by atoms with Gasteiger partial charge in [-0.05, 0) is 44.8 Å². The Morgan fingerprint density at radius 1 is 1.03 bits per heavy atom. The number of ether oxygens (including phenoxy) is 1. The van der Waals surface area contributed by atoms with Crippen LogP contribution < -0.4 is 5.73 Å². The van der Waals surface area contributed by atoms with Crippen molar-refractivity contribution in [3.8, 4) is 5.88 Å². The van der Waals surface area contributed by atoms with Gasteiger partial charge in [-0.1, -0.05) is 54.6 Å². The molecule has 8 heteroatoms. The minimum absolute atomic E-state index is 0.162. The van der Waals surface area contributed by atoms with Gasteiger partial charge in [-0.15, -0.1) is 0 Å². The zero-order valence-corrected chi connectivity index (χ0v) is 20.4. The van der Waals surface area contributed by atoms with Crippen LogP contribution in [0.5, 0.6) is 5.88 Å². The Morgan fingerprint density at radius 2 is 1.72 bits per heavy atom. The van der Waals surface area contributed by atoms with Crippen LogP contribution in [0.1, 0.15) is 34.0 Å². The molecule has 1 heterocycles. The number of fused-ring (bicyclic) bond motifs is 1. The summed E-state index contributed by atoms with van der Waals surface area (Å²) in [5.41, 5.74) is 9.34. The predicted molar refractivity (Wildman–Crippen MR) is 140 cm³/mol. The van der Waals surface area contributed by atoms with Gasteiger partial charge in [-0.2, -0.15) is 0 Å². The Labute approximate surface area is 209 Å². The van der Waals surface area contributed by atoms with Crippen LogP contribution in [0.15, 0.2) is 77.8 Å². The van der Waals surface area contributed by atoms with Crippen molar-refractivity contribution in [2.45, 2.75) is 13.5 Å². The van der Waals surface area contributed by atoms with Gasteiger partial charge in [0, 0.05) is 23.1 Å². The van der Waals surface area contributed by atoms with Gasteiger partial charge in [0.1, 0.15) is 0 Å². The van der Waals surface area contributed by atoms with Crippen molar-refractivity contribution in [3.05, 3.63) is 95.1 Å². The smallest absolute Gasteiger partial charge is 0.421 e. The average Bonchev–Trinajstić information content (AvgIpc) is 3.15. The number of nitrogens with zero attached hydrogens (tertiary/aromatic N) is 3. The maximum Gasteiger partial charge on any atom is 0.421 e. The van der Waals surface area contributed by atoms with E-state index in [-0.39, 0.29) is 12.5 Å². The first-order chi connectivity index (χ1) is 17.3. The molecule has 4 aromatic rings. The van der Waals surface area contributed by atoms with Crippen LogP contribution in [0.3, 0.4) is 0 Å². The largest absolute Gasteiger partial charge is 0.494 e. The fourth-order valence-electron chi connectivity index (χ4n) is 4.16. The first-order valence-corrected chi connectivity index (χ1v) is 11.5. The fourth-order valence-corrected chi connectivity index (χ4v) is 4.16. The molecule has 184 valence electrons. The zero-order chi connectivity index (χ0) is 25.8. The SMILES string of the molecule is CCOC(=O)n1c(O)c(C(=Nc2ccc(CN(C)C)c(C(N)=O)c2)c2ccccc2)c2ccccc21. The third-order valence-electron chi connectivity index (χ3n) is 5.67. The Kier molecular flexibility index (Phi) is 7.17. The molecule has 1 aromatic heterocycles. The molecule has 8 nitrogen and oxygen atoms in total. The van der Waals surface area contributed by atoms with E-state index in [1.165, 1.54) is 0 Å². The van der Waals surface area contributed by atoms with Gasteiger partial charge in [-0.3, -0.25) is 4.79 Å². The summed E-state index contributed by atoms with van der Waals surface area (Å²) in [5.74, 6) is -0.830. The maximum atomic E-state index is 12.7. The normalized spacial score (nSPS) is 11.7. The molecule has 0 bridgehead atoms. The second-order valence-electron chi connectivity index (χ2n) is 8.52. The fraction of sp³-hybridized carbons (Fsp3) is 0.179. The monoisotopic (exact) mass is 484 g/mol. The molecule has 1 amide bonds. The van der Waals surface area contributed by atoms with Gasteiger partial charge in [0.2, 0.25) is 11.8 Å². The quantitative estimate of drug-likeness (QED) is 0.370. The summed E-state index contributed by atoms with van der Waals surface area (Å²) < 4.78 is 6.33. The van der Waals surface area contributed by atoms with Crippen molar-refractivity contribution in [1.82, 2.24) is 9.47 Å². The van der Waals surface area contributed by atoms with E-state index in [0.29, 0.717) is 40.0 Å². The van der Waals surface area contributed by atoms with Crippen molar-refractivity contribution >= 4 is 34.3 Å². The van der Waals surface area contributed by atoms with E-state index in [2.05, 4.69) is 0 Å². The van der Waals surface area contributed by atoms with Crippen LogP contribution in [0, 0.1) is 0 Å². The van der Waals surface area contributed by atoms with Crippen LogP contribution in [0.4, 0.5) is 10.5 Å². The van der Waals surface area contributed by atoms with Gasteiger partial charge in [-0.25, -0.2) is 14.4 Å². The lowest BCUT2D eigenvalue weighted by molar-refractivity contribution is 0.0998. The van der Waals surface area contributed by atoms with Crippen LogP contribution in [0.2, 0.25) is 0 Å². The number of aromatic hydroxyl groups is 1. The average molecular weight is 485 g/mol. The van der Waals surface area contributed by atoms with E-state index in [0.717, 1.165) is 15.7 Å². The van der Waals surface area contributed by atoms with Gasteiger partial charge in [0.25, 0.3) is 0 Å². The lowest BCUT2D eigenvalue weighted by Crippen LogP contribution is -2.18. The highest BCUT2D eigenvalue weighted by atomic mass is 16.5. The molecule has 0 aliphatic heterocycles. The van der Waals surface area contributed by atoms with E-state index < -0.39 is 12.0 Å². The van der Waals surface area contributed by atoms with Gasteiger partial charge >= 0.3 is 6.09 Å². The molecule has 0 radical (unpaired) electrons. The molecular weight excluding hydrogens is 456 g/mol. The zero-order valence-electron chi connectivity index (χ0n) is 20.4. The molecule has 0 atom stereocenters. The molecule has 3 N–H and O–H groups in total. The number of aliphatic imine (C=N–C) groups is 1. The summed E-state index contributed by atoms with van der Waals surface area (Å²) in [4.78, 5) is 31.8. The van der Waals surface area contributed by atoms with Crippen molar-refractivity contribution in [3.63, 3.8) is 0 Å². The van der Waals surface area contributed by atoms with Crippen LogP contribution in [-0.4, -0.2) is 53.0 Å². The second-order valence-corrected chi connectivity index (χ2v) is 8.52. The lowest BCUT2D eigenvalue weighted by Gasteiger charge is -2.14. The van der Waals surface area contributed by atoms with Gasteiger partial charge < -0.3 is 20.5 Å². The van der Waals surface area contributed by atoms with Gasteiger partial charge in [0.05, 0.1) is 29.1 Å². The molecule has 0 saturated heterocycles. The molecule has 0 unspecified atom stereocenters. The number of amides is 1. The molecule has 0 aliphatic rings. The molecule has 36 heavy (non-hydrogen) atoms. The van der Waals surface area contributed by atoms with Crippen molar-refractivity contribution in [2.75, 3.05) is 20.7 Å². The summed E-state index contributed by atoms with van der Waals surface area (Å²) in [6.45, 7) is 2.41. The number of hydrogen-bond donors (Lipinski definition) is 2. The standard InChI is InChI=1S/C28H28N4O4/c1-4-36-28(35)32-23-13-9-8-12-21(23)24(27(32)34)25(18-10-6-5-7-11-18)30-20-15-14-19(17-31(2)3)22(16-20)26(29)33/h5-16,34H,4,17H2,1-3H3,(H2,29,33). The summed E-state index contributed by atoms with van der Waals surface area (Å²) in [6, 6.07) is 21.8. The Morgan fingerprint density at radius 3 is 2.39 bits per heavy atom. The molecule has 3 aromatic carbocycles. The molecular formula is C28H28N4O4.